The number of carbonyl (C=O) groups excluding carboxylic acids is 1. The van der Waals surface area contributed by atoms with Gasteiger partial charge in [0.1, 0.15) is 5.75 Å². The Morgan fingerprint density at radius 1 is 1.50 bits per heavy atom. The number of aliphatic hydroxyl groups excluding tert-OH is 1. The SMILES string of the molecule is COc1ccc(C)cc1C=CC(=O)N1CCCC(O)C1. The summed E-state index contributed by atoms with van der Waals surface area (Å²) in [5, 5.41) is 9.59. The van der Waals surface area contributed by atoms with Crippen LogP contribution in [0.4, 0.5) is 0 Å². The molecule has 1 aromatic rings. The average molecular weight is 275 g/mol. The van der Waals surface area contributed by atoms with Crippen LogP contribution in [0, 0.1) is 6.92 Å². The third kappa shape index (κ3) is 3.61. The van der Waals surface area contributed by atoms with Crippen LogP contribution < -0.4 is 4.74 Å². The van der Waals surface area contributed by atoms with Crippen LogP contribution in [0.15, 0.2) is 24.3 Å². The number of benzene rings is 1. The van der Waals surface area contributed by atoms with E-state index >= 15 is 0 Å². The molecule has 20 heavy (non-hydrogen) atoms. The second-order valence-corrected chi connectivity index (χ2v) is 5.16. The fourth-order valence-electron chi connectivity index (χ4n) is 2.41. The van der Waals surface area contributed by atoms with Crippen LogP contribution in [0.3, 0.4) is 0 Å². The lowest BCUT2D eigenvalue weighted by molar-refractivity contribution is -0.128. The number of likely N-dealkylation sites (tertiary alicyclic amines) is 1. The number of aliphatic hydroxyl groups is 1. The summed E-state index contributed by atoms with van der Waals surface area (Å²) in [5.41, 5.74) is 2.00. The van der Waals surface area contributed by atoms with E-state index in [-0.39, 0.29) is 5.91 Å². The zero-order chi connectivity index (χ0) is 14.5. The maximum atomic E-state index is 12.1. The van der Waals surface area contributed by atoms with Gasteiger partial charge in [0.05, 0.1) is 13.2 Å². The van der Waals surface area contributed by atoms with Gasteiger partial charge < -0.3 is 14.7 Å². The number of hydrogen-bond donors (Lipinski definition) is 1. The fraction of sp³-hybridized carbons (Fsp3) is 0.438. The third-order valence-electron chi connectivity index (χ3n) is 3.50. The van der Waals surface area contributed by atoms with Crippen LogP contribution in [0.2, 0.25) is 0 Å². The van der Waals surface area contributed by atoms with E-state index in [1.54, 1.807) is 24.2 Å². The molecule has 1 aromatic carbocycles. The van der Waals surface area contributed by atoms with Crippen molar-refractivity contribution in [3.05, 3.63) is 35.4 Å². The number of amides is 1. The first-order valence-electron chi connectivity index (χ1n) is 6.90. The Morgan fingerprint density at radius 3 is 3.00 bits per heavy atom. The van der Waals surface area contributed by atoms with Gasteiger partial charge in [0.25, 0.3) is 0 Å². The zero-order valence-electron chi connectivity index (χ0n) is 12.0. The van der Waals surface area contributed by atoms with Crippen molar-refractivity contribution in [3.63, 3.8) is 0 Å². The van der Waals surface area contributed by atoms with Gasteiger partial charge in [0.2, 0.25) is 5.91 Å². The molecule has 108 valence electrons. The number of rotatable bonds is 3. The van der Waals surface area contributed by atoms with E-state index < -0.39 is 6.10 Å². The summed E-state index contributed by atoms with van der Waals surface area (Å²) in [6, 6.07) is 5.84. The smallest absolute Gasteiger partial charge is 0.246 e. The first-order chi connectivity index (χ1) is 9.60. The van der Waals surface area contributed by atoms with Crippen LogP contribution in [0.1, 0.15) is 24.0 Å². The van der Waals surface area contributed by atoms with Crippen molar-refractivity contribution in [2.45, 2.75) is 25.9 Å². The summed E-state index contributed by atoms with van der Waals surface area (Å²) in [5.74, 6) is 0.686. The van der Waals surface area contributed by atoms with Crippen LogP contribution in [-0.4, -0.2) is 42.2 Å². The summed E-state index contributed by atoms with van der Waals surface area (Å²) in [7, 11) is 1.62. The standard InChI is InChI=1S/C16H21NO3/c1-12-5-7-15(20-2)13(10-12)6-8-16(19)17-9-3-4-14(18)11-17/h5-8,10,14,18H,3-4,9,11H2,1-2H3. The van der Waals surface area contributed by atoms with Crippen molar-refractivity contribution in [1.29, 1.82) is 0 Å². The van der Waals surface area contributed by atoms with E-state index in [0.29, 0.717) is 13.1 Å². The summed E-state index contributed by atoms with van der Waals surface area (Å²) < 4.78 is 5.28. The van der Waals surface area contributed by atoms with Gasteiger partial charge in [0.15, 0.2) is 0 Å². The number of piperidine rings is 1. The largest absolute Gasteiger partial charge is 0.496 e. The molecule has 1 atom stereocenters. The Kier molecular flexibility index (Phi) is 4.79. The zero-order valence-corrected chi connectivity index (χ0v) is 12.0. The van der Waals surface area contributed by atoms with Crippen molar-refractivity contribution < 1.29 is 14.6 Å². The minimum Gasteiger partial charge on any atom is -0.496 e. The highest BCUT2D eigenvalue weighted by Crippen LogP contribution is 2.21. The van der Waals surface area contributed by atoms with Gasteiger partial charge in [-0.05, 0) is 38.0 Å². The van der Waals surface area contributed by atoms with E-state index in [9.17, 15) is 9.90 Å². The highest BCUT2D eigenvalue weighted by molar-refractivity contribution is 5.92. The van der Waals surface area contributed by atoms with Crippen molar-refractivity contribution in [3.8, 4) is 5.75 Å². The molecule has 2 rings (SSSR count). The molecule has 1 N–H and O–H groups in total. The highest BCUT2D eigenvalue weighted by Gasteiger charge is 2.20. The monoisotopic (exact) mass is 275 g/mol. The van der Waals surface area contributed by atoms with Gasteiger partial charge in [-0.25, -0.2) is 0 Å². The van der Waals surface area contributed by atoms with Gasteiger partial charge >= 0.3 is 0 Å². The molecule has 1 unspecified atom stereocenters. The van der Waals surface area contributed by atoms with E-state index in [4.69, 9.17) is 4.74 Å². The van der Waals surface area contributed by atoms with Crippen LogP contribution >= 0.6 is 0 Å². The Bertz CT molecular complexity index is 510. The first kappa shape index (κ1) is 14.6. The molecule has 1 aliphatic rings. The van der Waals surface area contributed by atoms with E-state index in [2.05, 4.69) is 0 Å². The maximum Gasteiger partial charge on any atom is 0.246 e. The van der Waals surface area contributed by atoms with E-state index in [1.165, 1.54) is 0 Å². The normalized spacial score (nSPS) is 19.4. The minimum atomic E-state index is -0.394. The number of β-amino-alcohol motifs (C(OH)–C–C–N with tert-alkyl or cyclic N) is 1. The summed E-state index contributed by atoms with van der Waals surface area (Å²) >= 11 is 0. The van der Waals surface area contributed by atoms with Gasteiger partial charge in [-0.2, -0.15) is 0 Å². The fourth-order valence-corrected chi connectivity index (χ4v) is 2.41. The van der Waals surface area contributed by atoms with Crippen molar-refractivity contribution in [2.75, 3.05) is 20.2 Å². The maximum absolute atomic E-state index is 12.1. The lowest BCUT2D eigenvalue weighted by atomic mass is 10.1. The second-order valence-electron chi connectivity index (χ2n) is 5.16. The molecule has 0 spiro atoms. The molecule has 1 fully saturated rings. The molecule has 0 radical (unpaired) electrons. The molecular weight excluding hydrogens is 254 g/mol. The summed E-state index contributed by atoms with van der Waals surface area (Å²) in [4.78, 5) is 13.8. The first-order valence-corrected chi connectivity index (χ1v) is 6.90. The predicted molar refractivity (Wildman–Crippen MR) is 78.6 cm³/mol. The average Bonchev–Trinajstić information content (AvgIpc) is 2.45. The molecule has 0 aliphatic carbocycles. The Morgan fingerprint density at radius 2 is 2.30 bits per heavy atom. The molecule has 4 nitrogen and oxygen atoms in total. The van der Waals surface area contributed by atoms with Gasteiger partial charge in [-0.1, -0.05) is 11.6 Å². The lowest BCUT2D eigenvalue weighted by Gasteiger charge is -2.29. The quantitative estimate of drug-likeness (QED) is 0.858. The molecular formula is C16H21NO3. The highest BCUT2D eigenvalue weighted by atomic mass is 16.5. The Hall–Kier alpha value is -1.81. The summed E-state index contributed by atoms with van der Waals surface area (Å²) in [6.07, 6.45) is 4.56. The number of hydrogen-bond acceptors (Lipinski definition) is 3. The van der Waals surface area contributed by atoms with Crippen molar-refractivity contribution in [2.24, 2.45) is 0 Å². The Labute approximate surface area is 119 Å². The van der Waals surface area contributed by atoms with Gasteiger partial charge in [-0.15, -0.1) is 0 Å². The number of nitrogens with zero attached hydrogens (tertiary/aromatic N) is 1. The third-order valence-corrected chi connectivity index (χ3v) is 3.50. The van der Waals surface area contributed by atoms with E-state index in [1.807, 2.05) is 25.1 Å². The molecule has 0 aromatic heterocycles. The second kappa shape index (κ2) is 6.57. The van der Waals surface area contributed by atoms with Gasteiger partial charge in [-0.3, -0.25) is 4.79 Å². The summed E-state index contributed by atoms with van der Waals surface area (Å²) in [6.45, 7) is 3.14. The number of aryl methyl sites for hydroxylation is 1. The number of carbonyl (C=O) groups is 1. The van der Waals surface area contributed by atoms with Gasteiger partial charge in [0, 0.05) is 24.7 Å². The molecule has 1 amide bonds. The molecule has 1 saturated heterocycles. The Balaban J connectivity index is 2.08. The lowest BCUT2D eigenvalue weighted by Crippen LogP contribution is -2.41. The van der Waals surface area contributed by atoms with Crippen LogP contribution in [0.25, 0.3) is 6.08 Å². The minimum absolute atomic E-state index is 0.0627. The molecule has 1 heterocycles. The topological polar surface area (TPSA) is 49.8 Å². The van der Waals surface area contributed by atoms with E-state index in [0.717, 1.165) is 29.7 Å². The molecule has 0 bridgehead atoms. The van der Waals surface area contributed by atoms with Crippen LogP contribution in [-0.2, 0) is 4.79 Å². The number of ether oxygens (including phenoxy) is 1. The predicted octanol–water partition coefficient (Wildman–Crippen LogP) is 2.00. The molecule has 0 saturated carbocycles. The van der Waals surface area contributed by atoms with Crippen molar-refractivity contribution in [1.82, 2.24) is 4.90 Å². The van der Waals surface area contributed by atoms with Crippen molar-refractivity contribution >= 4 is 12.0 Å². The molecule has 4 heteroatoms. The van der Waals surface area contributed by atoms with Crippen LogP contribution in [0.5, 0.6) is 5.75 Å². The molecule has 1 aliphatic heterocycles. The number of methoxy groups -OCH3 is 1.